The fraction of sp³-hybridized carbons (Fsp3) is 0.0294. The van der Waals surface area contributed by atoms with Gasteiger partial charge in [0.1, 0.15) is 0 Å². The Bertz CT molecular complexity index is 3680. The summed E-state index contributed by atoms with van der Waals surface area (Å²) in [6.07, 6.45) is 6.60. The predicted molar refractivity (Wildman–Crippen MR) is 305 cm³/mol. The molecule has 1 N–H and O–H groups in total. The zero-order valence-corrected chi connectivity index (χ0v) is 40.0. The van der Waals surface area contributed by atoms with Crippen molar-refractivity contribution < 1.29 is 0 Å². The maximum absolute atomic E-state index is 4.65. The molecule has 11 aromatic rings. The molecule has 10 aromatic carbocycles. The van der Waals surface area contributed by atoms with E-state index >= 15 is 0 Å². The van der Waals surface area contributed by atoms with E-state index in [4.69, 9.17) is 0 Å². The molecule has 0 saturated heterocycles. The van der Waals surface area contributed by atoms with Crippen LogP contribution in [0.4, 0.5) is 28.4 Å². The lowest BCUT2D eigenvalue weighted by Gasteiger charge is -2.29. The zero-order valence-electron chi connectivity index (χ0n) is 40.0. The molecule has 71 heavy (non-hydrogen) atoms. The minimum atomic E-state index is 0.957. The van der Waals surface area contributed by atoms with E-state index in [1.54, 1.807) is 0 Å². The normalized spacial score (nSPS) is 13.3. The Labute approximate surface area is 417 Å². The third-order valence-corrected chi connectivity index (χ3v) is 13.3. The number of rotatable bonds is 9. The molecular weight excluding hydrogens is 859 g/mol. The van der Waals surface area contributed by atoms with Gasteiger partial charge in [-0.25, -0.2) is 0 Å². The molecule has 0 saturated carbocycles. The summed E-state index contributed by atoms with van der Waals surface area (Å²) in [5.41, 5.74) is 21.3. The second kappa shape index (κ2) is 19.8. The average molecular weight is 912 g/mol. The van der Waals surface area contributed by atoms with Gasteiger partial charge in [-0.3, -0.25) is 0 Å². The fourth-order valence-corrected chi connectivity index (χ4v) is 9.98. The Morgan fingerprint density at radius 3 is 1.51 bits per heavy atom. The van der Waals surface area contributed by atoms with Crippen LogP contribution in [-0.4, -0.2) is 4.98 Å². The monoisotopic (exact) mass is 911 g/mol. The first kappa shape index (κ1) is 44.3. The van der Waals surface area contributed by atoms with Crippen LogP contribution in [0, 0.1) is 0 Å². The van der Waals surface area contributed by atoms with E-state index in [1.165, 1.54) is 38.6 Å². The van der Waals surface area contributed by atoms with Gasteiger partial charge in [-0.2, -0.15) is 0 Å². The first-order valence-electron chi connectivity index (χ1n) is 24.5. The molecule has 3 nitrogen and oxygen atoms in total. The smallest absolute Gasteiger partial charge is 0.0612 e. The lowest BCUT2D eigenvalue weighted by atomic mass is 9.92. The number of fused-ring (bicyclic) bond motifs is 4. The van der Waals surface area contributed by atoms with Crippen molar-refractivity contribution in [3.05, 3.63) is 285 Å². The van der Waals surface area contributed by atoms with Gasteiger partial charge in [-0.15, -0.1) is 0 Å². The number of aromatic amines is 1. The van der Waals surface area contributed by atoms with E-state index in [9.17, 15) is 0 Å². The molecule has 1 aliphatic rings. The van der Waals surface area contributed by atoms with E-state index in [1.807, 2.05) is 13.8 Å². The van der Waals surface area contributed by atoms with Crippen molar-refractivity contribution in [1.82, 2.24) is 4.98 Å². The number of benzene rings is 10. The molecule has 1 aromatic heterocycles. The maximum Gasteiger partial charge on any atom is 0.0612 e. The van der Waals surface area contributed by atoms with Crippen molar-refractivity contribution in [2.75, 3.05) is 9.80 Å². The third kappa shape index (κ3) is 8.67. The number of anilines is 5. The van der Waals surface area contributed by atoms with Crippen molar-refractivity contribution in [2.24, 2.45) is 0 Å². The zero-order chi connectivity index (χ0) is 48.1. The molecule has 0 spiro atoms. The van der Waals surface area contributed by atoms with Crippen LogP contribution in [-0.2, 0) is 0 Å². The van der Waals surface area contributed by atoms with Gasteiger partial charge >= 0.3 is 0 Å². The number of para-hydroxylation sites is 3. The number of hydrogen-bond acceptors (Lipinski definition) is 2. The number of nitrogens with zero attached hydrogens (tertiary/aromatic N) is 2. The van der Waals surface area contributed by atoms with Crippen molar-refractivity contribution >= 4 is 61.4 Å². The molecule has 1 aliphatic heterocycles. The number of hydrogen-bond donors (Lipinski definition) is 1. The van der Waals surface area contributed by atoms with Crippen LogP contribution in [0.2, 0.25) is 0 Å². The van der Waals surface area contributed by atoms with Crippen LogP contribution in [0.1, 0.15) is 25.0 Å². The first-order chi connectivity index (χ1) is 35.1. The topological polar surface area (TPSA) is 22.3 Å². The molecule has 0 amide bonds. The highest BCUT2D eigenvalue weighted by Gasteiger charge is 2.22. The number of H-pyrrole nitrogens is 1. The highest BCUT2D eigenvalue weighted by molar-refractivity contribution is 6.14. The van der Waals surface area contributed by atoms with Gasteiger partial charge in [0.15, 0.2) is 0 Å². The van der Waals surface area contributed by atoms with Crippen LogP contribution < -0.4 is 9.80 Å². The van der Waals surface area contributed by atoms with E-state index in [2.05, 4.69) is 288 Å². The second-order valence-electron chi connectivity index (χ2n) is 17.5. The van der Waals surface area contributed by atoms with Crippen molar-refractivity contribution in [2.45, 2.75) is 13.8 Å². The summed E-state index contributed by atoms with van der Waals surface area (Å²) in [7, 11) is 0. The Morgan fingerprint density at radius 1 is 0.394 bits per heavy atom. The summed E-state index contributed by atoms with van der Waals surface area (Å²) in [6, 6.07) is 89.1. The molecule has 2 heterocycles. The summed E-state index contributed by atoms with van der Waals surface area (Å²) in [6.45, 7) is 8.65. The molecule has 0 atom stereocenters. The number of nitrogens with one attached hydrogen (secondary N) is 1. The van der Waals surface area contributed by atoms with Crippen LogP contribution in [0.15, 0.2) is 274 Å². The molecule has 0 fully saturated rings. The van der Waals surface area contributed by atoms with Gasteiger partial charge in [-0.05, 0) is 117 Å². The summed E-state index contributed by atoms with van der Waals surface area (Å²) >= 11 is 0. The van der Waals surface area contributed by atoms with Crippen molar-refractivity contribution in [3.8, 4) is 44.5 Å². The van der Waals surface area contributed by atoms with Crippen LogP contribution >= 0.6 is 0 Å². The fourth-order valence-electron chi connectivity index (χ4n) is 9.98. The largest absolute Gasteiger partial charge is 0.354 e. The quantitative estimate of drug-likeness (QED) is 0.156. The van der Waals surface area contributed by atoms with Crippen LogP contribution in [0.3, 0.4) is 0 Å². The molecule has 0 radical (unpaired) electrons. The molecule has 0 bridgehead atoms. The predicted octanol–water partition coefficient (Wildman–Crippen LogP) is 19.2. The Kier molecular flexibility index (Phi) is 12.4. The Hall–Kier alpha value is -9.18. The lowest BCUT2D eigenvalue weighted by Crippen LogP contribution is -2.13. The Balaban J connectivity index is 0.00000270. The minimum absolute atomic E-state index is 0.957. The highest BCUT2D eigenvalue weighted by Crippen LogP contribution is 2.46. The van der Waals surface area contributed by atoms with Crippen LogP contribution in [0.5, 0.6) is 0 Å². The van der Waals surface area contributed by atoms with E-state index < -0.39 is 0 Å². The number of allylic oxidation sites excluding steroid dienone is 4. The summed E-state index contributed by atoms with van der Waals surface area (Å²) in [5, 5.41) is 2.46. The average Bonchev–Trinajstić information content (AvgIpc) is 3.83. The second-order valence-corrected chi connectivity index (χ2v) is 17.5. The maximum atomic E-state index is 4.65. The number of aromatic nitrogens is 1. The van der Waals surface area contributed by atoms with Gasteiger partial charge in [0.2, 0.25) is 0 Å². The van der Waals surface area contributed by atoms with Gasteiger partial charge in [0.05, 0.1) is 11.2 Å². The molecule has 0 aliphatic carbocycles. The third-order valence-electron chi connectivity index (χ3n) is 13.3. The summed E-state index contributed by atoms with van der Waals surface area (Å²) in [5.74, 6) is 0. The van der Waals surface area contributed by atoms with E-state index in [0.29, 0.717) is 0 Å². The molecule has 340 valence electrons. The SMILES string of the molecule is C=C1/C=C(c2ccccc2)\C=C/N(c2ccccc2)c2c1cccc2-c1ccc(N(c2ccc(-c3ccccc3)cc2)c2ccc(-c3ccc4c([nH]c5ccccc54)c3-c3ccccc3)cc2)cc1.CC. The van der Waals surface area contributed by atoms with Crippen molar-refractivity contribution in [3.63, 3.8) is 0 Å². The lowest BCUT2D eigenvalue weighted by molar-refractivity contribution is 1.26. The van der Waals surface area contributed by atoms with Gasteiger partial charge in [-0.1, -0.05) is 215 Å². The highest BCUT2D eigenvalue weighted by atomic mass is 15.1. The minimum Gasteiger partial charge on any atom is -0.354 e. The van der Waals surface area contributed by atoms with Gasteiger partial charge in [0.25, 0.3) is 0 Å². The molecule has 3 heteroatoms. The molecular formula is C68H53N3. The first-order valence-corrected chi connectivity index (χ1v) is 24.5. The van der Waals surface area contributed by atoms with Crippen LogP contribution in [0.25, 0.3) is 77.5 Å². The van der Waals surface area contributed by atoms with Crippen molar-refractivity contribution in [1.29, 1.82) is 0 Å². The van der Waals surface area contributed by atoms with E-state index in [0.717, 1.165) is 78.4 Å². The molecule has 12 rings (SSSR count). The van der Waals surface area contributed by atoms with Gasteiger partial charge in [0, 0.05) is 61.9 Å². The van der Waals surface area contributed by atoms with E-state index in [-0.39, 0.29) is 0 Å². The Morgan fingerprint density at radius 2 is 0.887 bits per heavy atom. The standard InChI is InChI=1S/C66H47N3.C2H6/c1-46-45-53(48-19-8-3-9-20-48)43-44-68(54-23-12-5-13-24-54)66-58(46)26-16-27-60(66)51-33-39-57(40-34-51)69(55-35-29-49(30-36-55)47-17-6-2-7-18-47)56-37-31-50(32-38-56)59-41-42-62-61-25-14-15-28-63(61)67-65(62)64(59)52-21-10-4-11-22-52;1-2/h2-45,67H,1H2;1-2H3/b44-43-,53-45+;. The summed E-state index contributed by atoms with van der Waals surface area (Å²) < 4.78 is 0. The van der Waals surface area contributed by atoms with Gasteiger partial charge < -0.3 is 14.8 Å². The molecule has 0 unspecified atom stereocenters. The summed E-state index contributed by atoms with van der Waals surface area (Å²) in [4.78, 5) is 8.44.